The van der Waals surface area contributed by atoms with Crippen LogP contribution in [0.5, 0.6) is 0 Å². The maximum Gasteiger partial charge on any atom is 0.246 e. The largest absolute Gasteiger partial charge is 0.419 e. The van der Waals surface area contributed by atoms with E-state index in [-0.39, 0.29) is 0 Å². The Morgan fingerprint density at radius 1 is 1.00 bits per heavy atom. The lowest BCUT2D eigenvalue weighted by Gasteiger charge is -1.99. The minimum Gasteiger partial charge on any atom is -0.419 e. The van der Waals surface area contributed by atoms with Crippen LogP contribution in [0.3, 0.4) is 0 Å². The van der Waals surface area contributed by atoms with Gasteiger partial charge in [0.25, 0.3) is 0 Å². The molecule has 0 aromatic heterocycles. The van der Waals surface area contributed by atoms with Crippen molar-refractivity contribution in [3.63, 3.8) is 0 Å². The molecule has 0 spiro atoms. The van der Waals surface area contributed by atoms with Gasteiger partial charge in [0.1, 0.15) is 0 Å². The number of allylic oxidation sites excluding steroid dienone is 4. The Bertz CT molecular complexity index is 152. The standard InChI is InChI=1S/C12H21OSi/c1-2-3-4-5-6-7-8-9-10-11-12-13-14/h2-5H,6-12H2,1H3/b3-2+,5-4+. The van der Waals surface area contributed by atoms with Gasteiger partial charge < -0.3 is 4.43 Å². The van der Waals surface area contributed by atoms with Crippen molar-refractivity contribution in [2.45, 2.75) is 45.4 Å². The summed E-state index contributed by atoms with van der Waals surface area (Å²) in [5, 5.41) is 0. The van der Waals surface area contributed by atoms with Crippen LogP contribution in [0.4, 0.5) is 0 Å². The Hall–Kier alpha value is -0.343. The van der Waals surface area contributed by atoms with Crippen molar-refractivity contribution in [3.8, 4) is 0 Å². The molecule has 79 valence electrons. The van der Waals surface area contributed by atoms with E-state index in [1.54, 1.807) is 0 Å². The molecule has 2 heteroatoms. The summed E-state index contributed by atoms with van der Waals surface area (Å²) < 4.78 is 4.80. The lowest BCUT2D eigenvalue weighted by Crippen LogP contribution is -1.89. The first kappa shape index (κ1) is 13.7. The Morgan fingerprint density at radius 2 is 1.71 bits per heavy atom. The molecule has 3 radical (unpaired) electrons. The van der Waals surface area contributed by atoms with Gasteiger partial charge in [-0.2, -0.15) is 0 Å². The van der Waals surface area contributed by atoms with E-state index in [9.17, 15) is 0 Å². The van der Waals surface area contributed by atoms with E-state index in [1.807, 2.05) is 6.92 Å². The molecule has 0 aromatic carbocycles. The molecule has 14 heavy (non-hydrogen) atoms. The highest BCUT2D eigenvalue weighted by atomic mass is 28.2. The molecule has 0 unspecified atom stereocenters. The molecule has 0 bridgehead atoms. The molecular formula is C12H21OSi. The van der Waals surface area contributed by atoms with Gasteiger partial charge >= 0.3 is 0 Å². The van der Waals surface area contributed by atoms with E-state index >= 15 is 0 Å². The highest BCUT2D eigenvalue weighted by Crippen LogP contribution is 2.05. The van der Waals surface area contributed by atoms with E-state index in [0.29, 0.717) is 0 Å². The van der Waals surface area contributed by atoms with Gasteiger partial charge in [-0.3, -0.25) is 0 Å². The summed E-state index contributed by atoms with van der Waals surface area (Å²) in [6.07, 6.45) is 16.1. The van der Waals surface area contributed by atoms with Crippen molar-refractivity contribution in [2.75, 3.05) is 6.61 Å². The maximum atomic E-state index is 4.80. The smallest absolute Gasteiger partial charge is 0.246 e. The van der Waals surface area contributed by atoms with E-state index in [4.69, 9.17) is 4.43 Å². The summed E-state index contributed by atoms with van der Waals surface area (Å²) in [5.74, 6) is 0. The molecule has 0 saturated carbocycles. The summed E-state index contributed by atoms with van der Waals surface area (Å²) in [6.45, 7) is 2.87. The van der Waals surface area contributed by atoms with Gasteiger partial charge in [0.05, 0.1) is 0 Å². The second kappa shape index (κ2) is 12.7. The molecule has 0 aliphatic carbocycles. The molecule has 0 aliphatic heterocycles. The van der Waals surface area contributed by atoms with Crippen molar-refractivity contribution in [3.05, 3.63) is 24.3 Å². The predicted octanol–water partition coefficient (Wildman–Crippen LogP) is 3.56. The maximum absolute atomic E-state index is 4.80. The molecular weight excluding hydrogens is 188 g/mol. The highest BCUT2D eigenvalue weighted by Gasteiger charge is 1.88. The lowest BCUT2D eigenvalue weighted by molar-refractivity contribution is 0.333. The van der Waals surface area contributed by atoms with E-state index < -0.39 is 0 Å². The van der Waals surface area contributed by atoms with Gasteiger partial charge in [0.15, 0.2) is 0 Å². The summed E-state index contributed by atoms with van der Waals surface area (Å²) in [5.41, 5.74) is 0. The Labute approximate surface area is 91.8 Å². The van der Waals surface area contributed by atoms with Crippen molar-refractivity contribution in [2.24, 2.45) is 0 Å². The molecule has 0 heterocycles. The molecule has 0 aliphatic rings. The van der Waals surface area contributed by atoms with Gasteiger partial charge in [-0.05, 0) is 26.2 Å². The predicted molar refractivity (Wildman–Crippen MR) is 63.4 cm³/mol. The Morgan fingerprint density at radius 3 is 2.43 bits per heavy atom. The Balaban J connectivity index is 2.98. The van der Waals surface area contributed by atoms with Crippen LogP contribution in [0.15, 0.2) is 24.3 Å². The topological polar surface area (TPSA) is 9.23 Å². The molecule has 1 nitrogen and oxygen atoms in total. The number of rotatable bonds is 9. The quantitative estimate of drug-likeness (QED) is 0.320. The van der Waals surface area contributed by atoms with Crippen LogP contribution in [-0.4, -0.2) is 17.1 Å². The molecule has 0 fully saturated rings. The second-order valence-corrected chi connectivity index (χ2v) is 3.65. The van der Waals surface area contributed by atoms with Crippen molar-refractivity contribution in [1.82, 2.24) is 0 Å². The van der Waals surface area contributed by atoms with Crippen molar-refractivity contribution < 1.29 is 4.43 Å². The van der Waals surface area contributed by atoms with Crippen LogP contribution in [0.25, 0.3) is 0 Å². The molecule has 0 atom stereocenters. The van der Waals surface area contributed by atoms with Crippen LogP contribution in [0.1, 0.15) is 45.4 Å². The van der Waals surface area contributed by atoms with Crippen LogP contribution in [-0.2, 0) is 4.43 Å². The van der Waals surface area contributed by atoms with Gasteiger partial charge in [0, 0.05) is 6.61 Å². The minimum atomic E-state index is 0.831. The van der Waals surface area contributed by atoms with Gasteiger partial charge in [0.2, 0.25) is 10.5 Å². The average molecular weight is 209 g/mol. The molecule has 0 saturated heterocycles. The average Bonchev–Trinajstić information content (AvgIpc) is 2.21. The third-order valence-corrected chi connectivity index (χ3v) is 2.26. The SMILES string of the molecule is C/C=C/C=C/CCCCCCCO[Si]. The lowest BCUT2D eigenvalue weighted by atomic mass is 10.1. The summed E-state index contributed by atoms with van der Waals surface area (Å²) in [7, 11) is 3.00. The first-order valence-corrected chi connectivity index (χ1v) is 5.89. The normalized spacial score (nSPS) is 11.9. The van der Waals surface area contributed by atoms with Crippen molar-refractivity contribution in [1.29, 1.82) is 0 Å². The number of hydrogen-bond acceptors (Lipinski definition) is 1. The molecule has 0 aromatic rings. The second-order valence-electron chi connectivity index (χ2n) is 3.36. The summed E-state index contributed by atoms with van der Waals surface area (Å²) >= 11 is 0. The highest BCUT2D eigenvalue weighted by molar-refractivity contribution is 5.97. The van der Waals surface area contributed by atoms with Crippen molar-refractivity contribution >= 4 is 10.5 Å². The molecule has 0 amide bonds. The molecule has 0 N–H and O–H groups in total. The zero-order chi connectivity index (χ0) is 10.5. The fourth-order valence-electron chi connectivity index (χ4n) is 1.25. The van der Waals surface area contributed by atoms with Gasteiger partial charge in [-0.15, -0.1) is 0 Å². The summed E-state index contributed by atoms with van der Waals surface area (Å²) in [4.78, 5) is 0. The van der Waals surface area contributed by atoms with Gasteiger partial charge in [-0.1, -0.05) is 43.6 Å². The van der Waals surface area contributed by atoms with Gasteiger partial charge in [-0.25, -0.2) is 0 Å². The first-order valence-electron chi connectivity index (χ1n) is 5.48. The molecule has 0 rings (SSSR count). The fourth-order valence-corrected chi connectivity index (χ4v) is 1.40. The Kier molecular flexibility index (Phi) is 12.3. The van der Waals surface area contributed by atoms with Crippen LogP contribution < -0.4 is 0 Å². The van der Waals surface area contributed by atoms with E-state index in [2.05, 4.69) is 34.8 Å². The van der Waals surface area contributed by atoms with E-state index in [0.717, 1.165) is 13.0 Å². The summed E-state index contributed by atoms with van der Waals surface area (Å²) in [6, 6.07) is 0. The first-order chi connectivity index (χ1) is 6.91. The zero-order valence-electron chi connectivity index (χ0n) is 9.17. The third kappa shape index (κ3) is 11.7. The van der Waals surface area contributed by atoms with Crippen LogP contribution in [0, 0.1) is 0 Å². The number of hydrogen-bond donors (Lipinski definition) is 0. The third-order valence-electron chi connectivity index (χ3n) is 2.06. The fraction of sp³-hybridized carbons (Fsp3) is 0.667. The number of unbranched alkanes of at least 4 members (excludes halogenated alkanes) is 5. The monoisotopic (exact) mass is 209 g/mol. The van der Waals surface area contributed by atoms with Crippen LogP contribution in [0.2, 0.25) is 0 Å². The van der Waals surface area contributed by atoms with Crippen LogP contribution >= 0.6 is 0 Å². The minimum absolute atomic E-state index is 0.831. The zero-order valence-corrected chi connectivity index (χ0v) is 10.2. The van der Waals surface area contributed by atoms with E-state index in [1.165, 1.54) is 32.1 Å².